The van der Waals surface area contributed by atoms with Gasteiger partial charge < -0.3 is 14.4 Å². The molecule has 0 radical (unpaired) electrons. The van der Waals surface area contributed by atoms with Gasteiger partial charge in [0, 0.05) is 35.8 Å². The molecule has 1 saturated heterocycles. The highest BCUT2D eigenvalue weighted by Gasteiger charge is 2.31. The predicted octanol–water partition coefficient (Wildman–Crippen LogP) is 4.97. The normalized spacial score (nSPS) is 21.0. The lowest BCUT2D eigenvalue weighted by molar-refractivity contribution is 0.172. The zero-order valence-corrected chi connectivity index (χ0v) is 19.6. The van der Waals surface area contributed by atoms with Gasteiger partial charge in [0.1, 0.15) is 18.1 Å². The van der Waals surface area contributed by atoms with Crippen LogP contribution < -0.4 is 14.4 Å². The summed E-state index contributed by atoms with van der Waals surface area (Å²) >= 11 is 6.00. The van der Waals surface area contributed by atoms with Crippen molar-refractivity contribution < 1.29 is 17.9 Å². The number of benzene rings is 2. The predicted molar refractivity (Wildman–Crippen MR) is 125 cm³/mol. The minimum Gasteiger partial charge on any atom is -0.486 e. The molecule has 1 aromatic heterocycles. The second-order valence-corrected chi connectivity index (χ2v) is 11.1. The van der Waals surface area contributed by atoms with Gasteiger partial charge in [0.05, 0.1) is 16.1 Å². The Morgan fingerprint density at radius 3 is 2.28 bits per heavy atom. The summed E-state index contributed by atoms with van der Waals surface area (Å²) in [5.41, 5.74) is 1.37. The summed E-state index contributed by atoms with van der Waals surface area (Å²) in [5, 5.41) is 1.24. The number of pyridine rings is 1. The molecule has 5 rings (SSSR count). The van der Waals surface area contributed by atoms with Gasteiger partial charge in [-0.05, 0) is 48.6 Å². The second-order valence-electron chi connectivity index (χ2n) is 8.79. The smallest absolute Gasteiger partial charge is 0.210 e. The molecule has 3 aromatic rings. The maximum absolute atomic E-state index is 13.7. The zero-order chi connectivity index (χ0) is 22.5. The Bertz CT molecular complexity index is 1270. The van der Waals surface area contributed by atoms with Crippen molar-refractivity contribution in [3.8, 4) is 11.5 Å². The SMILES string of the molecule is C[C@H]1C[C@H](C)CN(c2c(S(=O)(=O)c3ccc(Cl)cc3)cnc3cc4c(cc23)OCCO4)C1. The van der Waals surface area contributed by atoms with Crippen molar-refractivity contribution >= 4 is 38.0 Å². The molecule has 1 fully saturated rings. The topological polar surface area (TPSA) is 68.7 Å². The Hall–Kier alpha value is -2.51. The van der Waals surface area contributed by atoms with Crippen LogP contribution in [0.1, 0.15) is 20.3 Å². The fourth-order valence-electron chi connectivity index (χ4n) is 4.81. The highest BCUT2D eigenvalue weighted by atomic mass is 35.5. The van der Waals surface area contributed by atoms with Crippen molar-refractivity contribution in [2.45, 2.75) is 30.1 Å². The van der Waals surface area contributed by atoms with Crippen LogP contribution in [0.25, 0.3) is 10.9 Å². The number of ether oxygens (including phenoxy) is 2. The highest BCUT2D eigenvalue weighted by Crippen LogP contribution is 2.43. The van der Waals surface area contributed by atoms with Crippen molar-refractivity contribution in [1.82, 2.24) is 4.98 Å². The number of fused-ring (bicyclic) bond motifs is 2. The molecular weight excluding hydrogens is 448 g/mol. The Labute approximate surface area is 193 Å². The largest absolute Gasteiger partial charge is 0.486 e. The van der Waals surface area contributed by atoms with Crippen molar-refractivity contribution in [2.75, 3.05) is 31.2 Å². The average molecular weight is 473 g/mol. The number of anilines is 1. The Kier molecular flexibility index (Phi) is 5.42. The fraction of sp³-hybridized carbons (Fsp3) is 0.375. The lowest BCUT2D eigenvalue weighted by atomic mass is 9.91. The summed E-state index contributed by atoms with van der Waals surface area (Å²) in [4.78, 5) is 7.11. The van der Waals surface area contributed by atoms with E-state index in [1.807, 2.05) is 12.1 Å². The molecule has 2 atom stereocenters. The number of nitrogens with zero attached hydrogens (tertiary/aromatic N) is 2. The van der Waals surface area contributed by atoms with E-state index in [1.54, 1.807) is 12.1 Å². The molecule has 6 nitrogen and oxygen atoms in total. The molecule has 3 heterocycles. The van der Waals surface area contributed by atoms with Gasteiger partial charge in [0.25, 0.3) is 0 Å². The van der Waals surface area contributed by atoms with Crippen molar-refractivity contribution in [3.05, 3.63) is 47.6 Å². The van der Waals surface area contributed by atoms with Gasteiger partial charge in [0.15, 0.2) is 11.5 Å². The number of sulfone groups is 1. The summed E-state index contributed by atoms with van der Waals surface area (Å²) in [7, 11) is -3.82. The quantitative estimate of drug-likeness (QED) is 0.535. The zero-order valence-electron chi connectivity index (χ0n) is 18.0. The van der Waals surface area contributed by atoms with Crippen LogP contribution in [0.2, 0.25) is 5.02 Å². The molecule has 2 aliphatic rings. The number of piperidine rings is 1. The Morgan fingerprint density at radius 2 is 1.62 bits per heavy atom. The van der Waals surface area contributed by atoms with Gasteiger partial charge >= 0.3 is 0 Å². The lowest BCUT2D eigenvalue weighted by Crippen LogP contribution is -2.39. The summed E-state index contributed by atoms with van der Waals surface area (Å²) in [5.74, 6) is 2.15. The van der Waals surface area contributed by atoms with Crippen LogP contribution in [0.15, 0.2) is 52.4 Å². The number of hydrogen-bond acceptors (Lipinski definition) is 6. The molecule has 0 bridgehead atoms. The van der Waals surface area contributed by atoms with Gasteiger partial charge in [-0.3, -0.25) is 4.98 Å². The van der Waals surface area contributed by atoms with Crippen molar-refractivity contribution in [1.29, 1.82) is 0 Å². The monoisotopic (exact) mass is 472 g/mol. The summed E-state index contributed by atoms with van der Waals surface area (Å²) in [6.45, 7) is 6.91. The van der Waals surface area contributed by atoms with Gasteiger partial charge in [-0.2, -0.15) is 0 Å². The number of halogens is 1. The summed E-state index contributed by atoms with van der Waals surface area (Å²) < 4.78 is 39.0. The average Bonchev–Trinajstić information content (AvgIpc) is 2.76. The first-order valence-corrected chi connectivity index (χ1v) is 12.7. The molecule has 8 heteroatoms. The summed E-state index contributed by atoms with van der Waals surface area (Å²) in [6, 6.07) is 9.97. The maximum atomic E-state index is 13.7. The highest BCUT2D eigenvalue weighted by molar-refractivity contribution is 7.91. The van der Waals surface area contributed by atoms with E-state index < -0.39 is 9.84 Å². The van der Waals surface area contributed by atoms with E-state index in [0.29, 0.717) is 52.8 Å². The van der Waals surface area contributed by atoms with Crippen molar-refractivity contribution in [3.63, 3.8) is 0 Å². The molecule has 0 N–H and O–H groups in total. The Balaban J connectivity index is 1.76. The first-order chi connectivity index (χ1) is 15.3. The lowest BCUT2D eigenvalue weighted by Gasteiger charge is -2.38. The van der Waals surface area contributed by atoms with E-state index in [4.69, 9.17) is 21.1 Å². The van der Waals surface area contributed by atoms with E-state index >= 15 is 0 Å². The maximum Gasteiger partial charge on any atom is 0.210 e. The third-order valence-electron chi connectivity index (χ3n) is 6.07. The van der Waals surface area contributed by atoms with Crippen LogP contribution in [0.3, 0.4) is 0 Å². The molecule has 32 heavy (non-hydrogen) atoms. The van der Waals surface area contributed by atoms with Gasteiger partial charge in [0.2, 0.25) is 9.84 Å². The number of hydrogen-bond donors (Lipinski definition) is 0. The molecule has 168 valence electrons. The number of rotatable bonds is 3. The van der Waals surface area contributed by atoms with Gasteiger partial charge in [-0.1, -0.05) is 25.4 Å². The van der Waals surface area contributed by atoms with Crippen LogP contribution in [-0.2, 0) is 9.84 Å². The van der Waals surface area contributed by atoms with Gasteiger partial charge in [-0.15, -0.1) is 0 Å². The number of aromatic nitrogens is 1. The minimum absolute atomic E-state index is 0.194. The van der Waals surface area contributed by atoms with Gasteiger partial charge in [-0.25, -0.2) is 8.42 Å². The van der Waals surface area contributed by atoms with E-state index in [1.165, 1.54) is 18.3 Å². The van der Waals surface area contributed by atoms with Crippen LogP contribution in [0, 0.1) is 11.8 Å². The standard InChI is InChI=1S/C24H25ClN2O4S/c1-15-9-16(2)14-27(13-15)24-19-10-21-22(31-8-7-30-21)11-20(19)26-12-23(24)32(28,29)18-5-3-17(25)4-6-18/h3-6,10-12,15-16H,7-9,13-14H2,1-2H3/t15-,16-/m0/s1. The van der Waals surface area contributed by atoms with E-state index in [0.717, 1.165) is 24.9 Å². The molecule has 2 aromatic carbocycles. The summed E-state index contributed by atoms with van der Waals surface area (Å²) in [6.07, 6.45) is 2.59. The molecule has 0 aliphatic carbocycles. The van der Waals surface area contributed by atoms with Crippen LogP contribution in [0.4, 0.5) is 5.69 Å². The van der Waals surface area contributed by atoms with Crippen molar-refractivity contribution in [2.24, 2.45) is 11.8 Å². The second kappa shape index (κ2) is 8.12. The molecule has 0 unspecified atom stereocenters. The van der Waals surface area contributed by atoms with E-state index in [-0.39, 0.29) is 9.79 Å². The fourth-order valence-corrected chi connectivity index (χ4v) is 6.37. The molecule has 2 aliphatic heterocycles. The van der Waals surface area contributed by atoms with E-state index in [9.17, 15) is 8.42 Å². The molecule has 0 amide bonds. The molecule has 0 spiro atoms. The third kappa shape index (κ3) is 3.77. The van der Waals surface area contributed by atoms with Crippen LogP contribution in [-0.4, -0.2) is 39.7 Å². The Morgan fingerprint density at radius 1 is 1.00 bits per heavy atom. The first-order valence-electron chi connectivity index (χ1n) is 10.8. The van der Waals surface area contributed by atoms with Crippen LogP contribution >= 0.6 is 11.6 Å². The third-order valence-corrected chi connectivity index (χ3v) is 8.09. The minimum atomic E-state index is -3.82. The van der Waals surface area contributed by atoms with Crippen LogP contribution in [0.5, 0.6) is 11.5 Å². The molecule has 0 saturated carbocycles. The first kappa shape index (κ1) is 21.3. The van der Waals surface area contributed by atoms with E-state index in [2.05, 4.69) is 23.7 Å². The molecular formula is C24H25ClN2O4S.